The fourth-order valence-electron chi connectivity index (χ4n) is 2.23. The Morgan fingerprint density at radius 2 is 2.16 bits per heavy atom. The molecule has 0 radical (unpaired) electrons. The molecule has 0 aliphatic carbocycles. The zero-order valence-corrected chi connectivity index (χ0v) is 12.0. The van der Waals surface area contributed by atoms with Crippen LogP contribution in [-0.2, 0) is 16.6 Å². The van der Waals surface area contributed by atoms with Crippen LogP contribution in [-0.4, -0.2) is 61.0 Å². The molecule has 0 aromatic carbocycles. The van der Waals surface area contributed by atoms with Gasteiger partial charge in [-0.15, -0.1) is 0 Å². The van der Waals surface area contributed by atoms with E-state index in [0.717, 1.165) is 19.6 Å². The lowest BCUT2D eigenvalue weighted by atomic mass is 10.4. The third kappa shape index (κ3) is 3.14. The topological polar surface area (TPSA) is 95.3 Å². The van der Waals surface area contributed by atoms with Crippen molar-refractivity contribution in [2.45, 2.75) is 24.4 Å². The van der Waals surface area contributed by atoms with Gasteiger partial charge in [0.1, 0.15) is 0 Å². The number of likely N-dealkylation sites (tertiary alicyclic amines) is 1. The lowest BCUT2D eigenvalue weighted by Crippen LogP contribution is -2.35. The molecular formula is C11H21N5O2S. The van der Waals surface area contributed by atoms with E-state index in [4.69, 9.17) is 5.73 Å². The molecule has 1 aromatic heterocycles. The van der Waals surface area contributed by atoms with Crippen molar-refractivity contribution in [3.8, 4) is 0 Å². The van der Waals surface area contributed by atoms with Gasteiger partial charge in [0, 0.05) is 32.2 Å². The number of hydrogen-bond acceptors (Lipinski definition) is 5. The van der Waals surface area contributed by atoms with Crippen molar-refractivity contribution >= 4 is 10.0 Å². The van der Waals surface area contributed by atoms with Crippen molar-refractivity contribution in [2.24, 2.45) is 5.73 Å². The van der Waals surface area contributed by atoms with Crippen molar-refractivity contribution in [3.63, 3.8) is 0 Å². The first kappa shape index (κ1) is 14.4. The summed E-state index contributed by atoms with van der Waals surface area (Å²) < 4.78 is 26.1. The number of hydrogen-bond donors (Lipinski definition) is 2. The molecule has 0 saturated carbocycles. The second-order valence-electron chi connectivity index (χ2n) is 4.80. The third-order valence-electron chi connectivity index (χ3n) is 3.50. The summed E-state index contributed by atoms with van der Waals surface area (Å²) in [5.41, 5.74) is 6.04. The minimum atomic E-state index is -3.52. The van der Waals surface area contributed by atoms with Crippen LogP contribution >= 0.6 is 0 Å². The van der Waals surface area contributed by atoms with Crippen LogP contribution < -0.4 is 5.73 Å². The molecule has 0 bridgehead atoms. The average Bonchev–Trinajstić information content (AvgIpc) is 3.06. The number of rotatable bonds is 6. The molecule has 1 saturated heterocycles. The summed E-state index contributed by atoms with van der Waals surface area (Å²) in [7, 11) is -1.93. The van der Waals surface area contributed by atoms with Crippen molar-refractivity contribution in [3.05, 3.63) is 11.8 Å². The first-order chi connectivity index (χ1) is 9.05. The van der Waals surface area contributed by atoms with Crippen LogP contribution in [0.4, 0.5) is 0 Å². The van der Waals surface area contributed by atoms with Gasteiger partial charge in [-0.3, -0.25) is 5.10 Å². The molecule has 1 fully saturated rings. The maximum absolute atomic E-state index is 12.4. The molecule has 2 heterocycles. The number of H-pyrrole nitrogens is 1. The molecule has 2 rings (SSSR count). The Labute approximate surface area is 113 Å². The number of aromatic amines is 1. The fourth-order valence-corrected chi connectivity index (χ4v) is 3.50. The second kappa shape index (κ2) is 6.00. The highest BCUT2D eigenvalue weighted by Crippen LogP contribution is 2.16. The maximum Gasteiger partial charge on any atom is 0.260 e. The predicted octanol–water partition coefficient (Wildman–Crippen LogP) is -0.415. The van der Waals surface area contributed by atoms with Crippen LogP contribution in [0, 0.1) is 0 Å². The van der Waals surface area contributed by atoms with Crippen LogP contribution in [0.25, 0.3) is 0 Å². The molecule has 0 spiro atoms. The summed E-state index contributed by atoms with van der Waals surface area (Å²) >= 11 is 0. The van der Waals surface area contributed by atoms with E-state index in [0.29, 0.717) is 12.1 Å². The van der Waals surface area contributed by atoms with Gasteiger partial charge in [0.25, 0.3) is 10.0 Å². The van der Waals surface area contributed by atoms with Gasteiger partial charge in [0.15, 0.2) is 5.03 Å². The normalized spacial score (nSPS) is 17.4. The molecule has 108 valence electrons. The minimum absolute atomic E-state index is 0.110. The zero-order valence-electron chi connectivity index (χ0n) is 11.2. The third-order valence-corrected chi connectivity index (χ3v) is 5.37. The summed E-state index contributed by atoms with van der Waals surface area (Å²) in [6.07, 6.45) is 3.86. The molecule has 1 aromatic rings. The fraction of sp³-hybridized carbons (Fsp3) is 0.727. The molecule has 1 aliphatic rings. The van der Waals surface area contributed by atoms with Gasteiger partial charge in [-0.2, -0.15) is 9.40 Å². The first-order valence-corrected chi connectivity index (χ1v) is 7.90. The smallest absolute Gasteiger partial charge is 0.260 e. The van der Waals surface area contributed by atoms with Gasteiger partial charge in [0.2, 0.25) is 0 Å². The number of likely N-dealkylation sites (N-methyl/N-ethyl adjacent to an activating group) is 1. The largest absolute Gasteiger partial charge is 0.326 e. The molecular weight excluding hydrogens is 266 g/mol. The zero-order chi connectivity index (χ0) is 13.9. The quantitative estimate of drug-likeness (QED) is 0.741. The summed E-state index contributed by atoms with van der Waals surface area (Å²) in [6.45, 7) is 3.52. The van der Waals surface area contributed by atoms with E-state index in [2.05, 4.69) is 15.1 Å². The van der Waals surface area contributed by atoms with E-state index < -0.39 is 10.0 Å². The van der Waals surface area contributed by atoms with Crippen LogP contribution in [0.3, 0.4) is 0 Å². The van der Waals surface area contributed by atoms with E-state index in [-0.39, 0.29) is 11.6 Å². The van der Waals surface area contributed by atoms with Gasteiger partial charge in [-0.25, -0.2) is 8.42 Å². The Balaban J connectivity index is 2.02. The number of sulfonamides is 1. The Morgan fingerprint density at radius 3 is 2.79 bits per heavy atom. The van der Waals surface area contributed by atoms with E-state index >= 15 is 0 Å². The minimum Gasteiger partial charge on any atom is -0.326 e. The standard InChI is InChI=1S/C11H21N5O2S/c1-15(6-7-16-4-2-3-5-16)19(17,18)11-10(8-12)9-13-14-11/h9H,2-8,12H2,1H3,(H,13,14). The molecule has 0 amide bonds. The van der Waals surface area contributed by atoms with Crippen molar-refractivity contribution in [2.75, 3.05) is 33.2 Å². The summed E-state index contributed by atoms with van der Waals surface area (Å²) in [6, 6.07) is 0. The number of nitrogens with one attached hydrogen (secondary N) is 1. The monoisotopic (exact) mass is 287 g/mol. The van der Waals surface area contributed by atoms with Gasteiger partial charge in [0.05, 0.1) is 6.20 Å². The maximum atomic E-state index is 12.4. The number of nitrogens with zero attached hydrogens (tertiary/aromatic N) is 3. The molecule has 3 N–H and O–H groups in total. The lowest BCUT2D eigenvalue weighted by molar-refractivity contribution is 0.309. The highest BCUT2D eigenvalue weighted by atomic mass is 32.2. The van der Waals surface area contributed by atoms with Crippen LogP contribution in [0.5, 0.6) is 0 Å². The molecule has 7 nitrogen and oxygen atoms in total. The van der Waals surface area contributed by atoms with Gasteiger partial charge in [-0.05, 0) is 25.9 Å². The van der Waals surface area contributed by atoms with E-state index in [1.165, 1.54) is 23.3 Å². The Hall–Kier alpha value is -0.960. The summed E-state index contributed by atoms with van der Waals surface area (Å²) in [4.78, 5) is 2.28. The summed E-state index contributed by atoms with van der Waals surface area (Å²) in [5.74, 6) is 0. The van der Waals surface area contributed by atoms with Crippen LogP contribution in [0.1, 0.15) is 18.4 Å². The lowest BCUT2D eigenvalue weighted by Gasteiger charge is -2.20. The first-order valence-electron chi connectivity index (χ1n) is 6.46. The van der Waals surface area contributed by atoms with Crippen molar-refractivity contribution in [1.29, 1.82) is 0 Å². The van der Waals surface area contributed by atoms with Gasteiger partial charge >= 0.3 is 0 Å². The highest BCUT2D eigenvalue weighted by molar-refractivity contribution is 7.89. The van der Waals surface area contributed by atoms with Crippen molar-refractivity contribution < 1.29 is 8.42 Å². The van der Waals surface area contributed by atoms with E-state index in [1.54, 1.807) is 7.05 Å². The van der Waals surface area contributed by atoms with Crippen molar-refractivity contribution in [1.82, 2.24) is 19.4 Å². The predicted molar refractivity (Wildman–Crippen MR) is 72.0 cm³/mol. The molecule has 19 heavy (non-hydrogen) atoms. The van der Waals surface area contributed by atoms with Crippen LogP contribution in [0.15, 0.2) is 11.2 Å². The number of aromatic nitrogens is 2. The Kier molecular flexibility index (Phi) is 4.56. The second-order valence-corrected chi connectivity index (χ2v) is 6.79. The molecule has 0 unspecified atom stereocenters. The van der Waals surface area contributed by atoms with Crippen LogP contribution in [0.2, 0.25) is 0 Å². The van der Waals surface area contributed by atoms with E-state index in [1.807, 2.05) is 0 Å². The highest BCUT2D eigenvalue weighted by Gasteiger charge is 2.26. The SMILES string of the molecule is CN(CCN1CCCC1)S(=O)(=O)c1[nH]ncc1CN. The van der Waals surface area contributed by atoms with Gasteiger partial charge in [-0.1, -0.05) is 0 Å². The van der Waals surface area contributed by atoms with E-state index in [9.17, 15) is 8.42 Å². The summed E-state index contributed by atoms with van der Waals surface area (Å²) in [5, 5.41) is 6.40. The average molecular weight is 287 g/mol. The molecule has 1 aliphatic heterocycles. The number of nitrogens with two attached hydrogens (primary N) is 1. The Morgan fingerprint density at radius 1 is 1.47 bits per heavy atom. The Bertz CT molecular complexity index is 507. The van der Waals surface area contributed by atoms with Gasteiger partial charge < -0.3 is 10.6 Å². The molecule has 0 atom stereocenters. The molecule has 8 heteroatoms.